The van der Waals surface area contributed by atoms with Crippen molar-refractivity contribution in [1.82, 2.24) is 5.32 Å². The zero-order valence-corrected chi connectivity index (χ0v) is 9.78. The average molecular weight is 173 g/mol. The number of hydrogen-bond donors (Lipinski definition) is 1. The lowest BCUT2D eigenvalue weighted by Gasteiger charge is -2.17. The third-order valence-corrected chi connectivity index (χ3v) is 2.33. The van der Waals surface area contributed by atoms with Crippen molar-refractivity contribution in [3.8, 4) is 0 Å². The molecule has 2 atom stereocenters. The van der Waals surface area contributed by atoms with Crippen molar-refractivity contribution in [1.29, 1.82) is 0 Å². The molecule has 0 aliphatic heterocycles. The van der Waals surface area contributed by atoms with Gasteiger partial charge in [-0.2, -0.15) is 0 Å². The molecule has 12 heavy (non-hydrogen) atoms. The first-order valence-electron chi connectivity index (χ1n) is 5.43. The van der Waals surface area contributed by atoms with Crippen LogP contribution in [-0.4, -0.2) is 13.1 Å². The lowest BCUT2D eigenvalue weighted by molar-refractivity contribution is 0.361. The van der Waals surface area contributed by atoms with Crippen molar-refractivity contribution in [2.75, 3.05) is 13.1 Å². The summed E-state index contributed by atoms with van der Waals surface area (Å²) in [5.74, 6) is 1.68. The SMILES string of the molecule is CC.CCNCC(C)C(C)CC. The molecular formula is C11H27N. The molecule has 1 nitrogen and oxygen atoms in total. The molecule has 0 aromatic heterocycles. The topological polar surface area (TPSA) is 12.0 Å². The van der Waals surface area contributed by atoms with Crippen molar-refractivity contribution in [2.24, 2.45) is 11.8 Å². The van der Waals surface area contributed by atoms with Gasteiger partial charge in [-0.3, -0.25) is 0 Å². The van der Waals surface area contributed by atoms with Crippen molar-refractivity contribution < 1.29 is 0 Å². The van der Waals surface area contributed by atoms with Crippen molar-refractivity contribution in [2.45, 2.75) is 48.0 Å². The van der Waals surface area contributed by atoms with Crippen LogP contribution in [0, 0.1) is 11.8 Å². The van der Waals surface area contributed by atoms with E-state index in [1.807, 2.05) is 13.8 Å². The lowest BCUT2D eigenvalue weighted by atomic mass is 9.94. The molecule has 0 radical (unpaired) electrons. The van der Waals surface area contributed by atoms with Gasteiger partial charge in [0, 0.05) is 0 Å². The van der Waals surface area contributed by atoms with Gasteiger partial charge >= 0.3 is 0 Å². The van der Waals surface area contributed by atoms with Gasteiger partial charge in [0.25, 0.3) is 0 Å². The van der Waals surface area contributed by atoms with Crippen LogP contribution in [0.1, 0.15) is 48.0 Å². The summed E-state index contributed by atoms with van der Waals surface area (Å²) < 4.78 is 0. The Balaban J connectivity index is 0. The highest BCUT2D eigenvalue weighted by Crippen LogP contribution is 2.12. The van der Waals surface area contributed by atoms with Crippen molar-refractivity contribution in [3.63, 3.8) is 0 Å². The summed E-state index contributed by atoms with van der Waals surface area (Å²) in [6.45, 7) is 15.3. The molecule has 0 saturated carbocycles. The summed E-state index contributed by atoms with van der Waals surface area (Å²) in [5, 5.41) is 3.36. The highest BCUT2D eigenvalue weighted by molar-refractivity contribution is 4.62. The maximum atomic E-state index is 3.36. The van der Waals surface area contributed by atoms with Crippen LogP contribution in [0.25, 0.3) is 0 Å². The first kappa shape index (κ1) is 14.5. The summed E-state index contributed by atoms with van der Waals surface area (Å²) in [7, 11) is 0. The maximum Gasteiger partial charge on any atom is -0.00207 e. The first-order valence-corrected chi connectivity index (χ1v) is 5.43. The minimum absolute atomic E-state index is 0.824. The second-order valence-corrected chi connectivity index (χ2v) is 3.17. The van der Waals surface area contributed by atoms with Gasteiger partial charge in [0.1, 0.15) is 0 Å². The highest BCUT2D eigenvalue weighted by Gasteiger charge is 2.07. The molecule has 0 bridgehead atoms. The second-order valence-electron chi connectivity index (χ2n) is 3.17. The smallest absolute Gasteiger partial charge is 0.00207 e. The number of hydrogen-bond acceptors (Lipinski definition) is 1. The molecule has 0 rings (SSSR count). The van der Waals surface area contributed by atoms with E-state index in [4.69, 9.17) is 0 Å². The lowest BCUT2D eigenvalue weighted by Crippen LogP contribution is -2.24. The average Bonchev–Trinajstić information content (AvgIpc) is 2.16. The third kappa shape index (κ3) is 8.06. The molecule has 0 heterocycles. The minimum Gasteiger partial charge on any atom is -0.317 e. The van der Waals surface area contributed by atoms with Gasteiger partial charge in [0.05, 0.1) is 0 Å². The molecule has 2 unspecified atom stereocenters. The normalized spacial score (nSPS) is 14.5. The van der Waals surface area contributed by atoms with E-state index in [-0.39, 0.29) is 0 Å². The van der Waals surface area contributed by atoms with Crippen LogP contribution in [0.5, 0.6) is 0 Å². The van der Waals surface area contributed by atoms with E-state index in [2.05, 4.69) is 33.0 Å². The Bertz CT molecular complexity index is 71.4. The van der Waals surface area contributed by atoms with Gasteiger partial charge in [-0.05, 0) is 24.9 Å². The van der Waals surface area contributed by atoms with Crippen LogP contribution >= 0.6 is 0 Å². The Hall–Kier alpha value is -0.0400. The minimum atomic E-state index is 0.824. The summed E-state index contributed by atoms with van der Waals surface area (Å²) in [4.78, 5) is 0. The summed E-state index contributed by atoms with van der Waals surface area (Å²) in [6, 6.07) is 0. The Labute approximate surface area is 78.9 Å². The van der Waals surface area contributed by atoms with E-state index < -0.39 is 0 Å². The van der Waals surface area contributed by atoms with Crippen LogP contribution in [0.4, 0.5) is 0 Å². The number of rotatable bonds is 5. The Morgan fingerprint density at radius 1 is 1.00 bits per heavy atom. The van der Waals surface area contributed by atoms with Crippen LogP contribution < -0.4 is 5.32 Å². The first-order chi connectivity index (χ1) is 5.72. The standard InChI is InChI=1S/C9H21N.C2H6/c1-5-8(3)9(4)7-10-6-2;1-2/h8-10H,5-7H2,1-4H3;1-2H3. The van der Waals surface area contributed by atoms with Crippen molar-refractivity contribution >= 4 is 0 Å². The van der Waals surface area contributed by atoms with E-state index in [0.717, 1.165) is 18.4 Å². The van der Waals surface area contributed by atoms with E-state index in [1.165, 1.54) is 13.0 Å². The molecule has 1 heteroatoms. The van der Waals surface area contributed by atoms with Gasteiger partial charge in [-0.1, -0.05) is 48.0 Å². The van der Waals surface area contributed by atoms with Crippen LogP contribution in [0.2, 0.25) is 0 Å². The zero-order valence-electron chi connectivity index (χ0n) is 9.78. The summed E-state index contributed by atoms with van der Waals surface area (Å²) in [6.07, 6.45) is 1.30. The number of nitrogens with one attached hydrogen (secondary N) is 1. The maximum absolute atomic E-state index is 3.36. The molecule has 0 aliphatic rings. The molecule has 0 aliphatic carbocycles. The predicted molar refractivity (Wildman–Crippen MR) is 58.5 cm³/mol. The molecule has 0 aromatic carbocycles. The molecule has 0 aromatic rings. The van der Waals surface area contributed by atoms with Gasteiger partial charge < -0.3 is 5.32 Å². The summed E-state index contributed by atoms with van der Waals surface area (Å²) >= 11 is 0. The highest BCUT2D eigenvalue weighted by atomic mass is 14.8. The van der Waals surface area contributed by atoms with Crippen LogP contribution in [0.3, 0.4) is 0 Å². The Morgan fingerprint density at radius 2 is 1.50 bits per heavy atom. The Kier molecular flexibility index (Phi) is 13.2. The predicted octanol–water partition coefficient (Wildman–Crippen LogP) is 3.30. The van der Waals surface area contributed by atoms with Crippen LogP contribution in [-0.2, 0) is 0 Å². The monoisotopic (exact) mass is 173 g/mol. The molecule has 0 amide bonds. The second kappa shape index (κ2) is 11.0. The molecule has 76 valence electrons. The molecule has 0 saturated heterocycles. The van der Waals surface area contributed by atoms with E-state index in [9.17, 15) is 0 Å². The fourth-order valence-corrected chi connectivity index (χ4v) is 0.976. The van der Waals surface area contributed by atoms with Gasteiger partial charge in [0.15, 0.2) is 0 Å². The fourth-order valence-electron chi connectivity index (χ4n) is 0.976. The quantitative estimate of drug-likeness (QED) is 0.672. The fraction of sp³-hybridized carbons (Fsp3) is 1.00. The molecule has 1 N–H and O–H groups in total. The zero-order chi connectivity index (χ0) is 9.98. The largest absolute Gasteiger partial charge is 0.317 e. The van der Waals surface area contributed by atoms with E-state index in [0.29, 0.717) is 0 Å². The molecule has 0 spiro atoms. The van der Waals surface area contributed by atoms with Gasteiger partial charge in [-0.25, -0.2) is 0 Å². The van der Waals surface area contributed by atoms with E-state index in [1.54, 1.807) is 0 Å². The Morgan fingerprint density at radius 3 is 1.83 bits per heavy atom. The van der Waals surface area contributed by atoms with Gasteiger partial charge in [0.2, 0.25) is 0 Å². The molecule has 0 fully saturated rings. The van der Waals surface area contributed by atoms with E-state index >= 15 is 0 Å². The van der Waals surface area contributed by atoms with Crippen molar-refractivity contribution in [3.05, 3.63) is 0 Å². The summed E-state index contributed by atoms with van der Waals surface area (Å²) in [5.41, 5.74) is 0. The molecular weight excluding hydrogens is 146 g/mol. The third-order valence-electron chi connectivity index (χ3n) is 2.33. The van der Waals surface area contributed by atoms with Gasteiger partial charge in [-0.15, -0.1) is 0 Å². The van der Waals surface area contributed by atoms with Crippen LogP contribution in [0.15, 0.2) is 0 Å².